The van der Waals surface area contributed by atoms with E-state index in [2.05, 4.69) is 49.9 Å². The average molecular weight is 447 g/mol. The topological polar surface area (TPSA) is 76.4 Å². The zero-order chi connectivity index (χ0) is 22.8. The summed E-state index contributed by atoms with van der Waals surface area (Å²) in [5, 5.41) is 0. The quantitative estimate of drug-likeness (QED) is 0.596. The second kappa shape index (κ2) is 9.21. The highest BCUT2D eigenvalue weighted by Gasteiger charge is 2.24. The monoisotopic (exact) mass is 446 g/mol. The minimum Gasteiger partial charge on any atom is -0.461 e. The van der Waals surface area contributed by atoms with Gasteiger partial charge >= 0.3 is 0 Å². The van der Waals surface area contributed by atoms with E-state index in [0.717, 1.165) is 39.0 Å². The van der Waals surface area contributed by atoms with Gasteiger partial charge in [-0.15, -0.1) is 0 Å². The zero-order valence-electron chi connectivity index (χ0n) is 19.3. The number of benzene rings is 1. The molecule has 172 valence electrons. The molecule has 2 fully saturated rings. The Morgan fingerprint density at radius 3 is 2.45 bits per heavy atom. The maximum atomic E-state index is 12.5. The van der Waals surface area contributed by atoms with Crippen molar-refractivity contribution in [3.63, 3.8) is 0 Å². The molecule has 2 aliphatic rings. The number of aryl methyl sites for hydroxylation is 1. The van der Waals surface area contributed by atoms with Crippen molar-refractivity contribution < 1.29 is 4.74 Å². The number of piperidine rings is 1. The van der Waals surface area contributed by atoms with Crippen molar-refractivity contribution in [1.82, 2.24) is 19.5 Å². The molecule has 2 saturated heterocycles. The molecule has 4 heterocycles. The molecule has 3 aromatic rings. The second-order valence-corrected chi connectivity index (χ2v) is 8.89. The van der Waals surface area contributed by atoms with Crippen molar-refractivity contribution in [3.8, 4) is 17.4 Å². The maximum Gasteiger partial charge on any atom is 0.299 e. The first-order valence-electron chi connectivity index (χ1n) is 11.7. The van der Waals surface area contributed by atoms with Crippen LogP contribution in [0.3, 0.4) is 0 Å². The van der Waals surface area contributed by atoms with Gasteiger partial charge in [-0.25, -0.2) is 9.97 Å². The van der Waals surface area contributed by atoms with E-state index in [0.29, 0.717) is 17.4 Å². The molecule has 0 unspecified atom stereocenters. The van der Waals surface area contributed by atoms with Crippen LogP contribution in [-0.4, -0.2) is 51.8 Å². The van der Waals surface area contributed by atoms with Crippen LogP contribution in [0.2, 0.25) is 0 Å². The van der Waals surface area contributed by atoms with Crippen molar-refractivity contribution in [2.24, 2.45) is 7.05 Å². The summed E-state index contributed by atoms with van der Waals surface area (Å²) < 4.78 is 7.66. The van der Waals surface area contributed by atoms with Crippen molar-refractivity contribution in [2.75, 3.05) is 36.0 Å². The Morgan fingerprint density at radius 1 is 0.970 bits per heavy atom. The molecule has 0 bridgehead atoms. The first-order valence-corrected chi connectivity index (χ1v) is 11.7. The Labute approximate surface area is 193 Å². The smallest absolute Gasteiger partial charge is 0.299 e. The van der Waals surface area contributed by atoms with Gasteiger partial charge in [0.15, 0.2) is 0 Å². The molecule has 0 aliphatic carbocycles. The molecular formula is C25H30N6O2. The highest BCUT2D eigenvalue weighted by molar-refractivity contribution is 5.62. The Bertz CT molecular complexity index is 1170. The Morgan fingerprint density at radius 2 is 1.76 bits per heavy atom. The second-order valence-electron chi connectivity index (χ2n) is 8.89. The van der Waals surface area contributed by atoms with Gasteiger partial charge in [-0.05, 0) is 49.6 Å². The SMILES string of the molecule is Cc1cc(N2CCCC2)ccc1N1CCC(Oc2nc(-c3ccncn3)cc(=O)n2C)CC1. The van der Waals surface area contributed by atoms with Crippen LogP contribution in [0.4, 0.5) is 11.4 Å². The number of rotatable bonds is 5. The molecule has 2 aromatic heterocycles. The summed E-state index contributed by atoms with van der Waals surface area (Å²) in [5.41, 5.74) is 4.90. The molecule has 0 N–H and O–H groups in total. The van der Waals surface area contributed by atoms with Crippen LogP contribution in [0.25, 0.3) is 11.4 Å². The van der Waals surface area contributed by atoms with E-state index in [9.17, 15) is 4.79 Å². The van der Waals surface area contributed by atoms with Gasteiger partial charge in [0.1, 0.15) is 12.4 Å². The third-order valence-electron chi connectivity index (χ3n) is 6.64. The van der Waals surface area contributed by atoms with Crippen LogP contribution in [0, 0.1) is 6.92 Å². The average Bonchev–Trinajstić information content (AvgIpc) is 3.38. The van der Waals surface area contributed by atoms with E-state index >= 15 is 0 Å². The lowest BCUT2D eigenvalue weighted by Gasteiger charge is -2.35. The molecule has 0 saturated carbocycles. The molecule has 5 rings (SSSR count). The van der Waals surface area contributed by atoms with E-state index in [-0.39, 0.29) is 11.7 Å². The standard InChI is InChI=1S/C25H30N6O2/c1-18-15-19(30-11-3-4-12-30)5-6-23(18)31-13-8-20(9-14-31)33-25-28-22(16-24(32)29(25)2)21-7-10-26-17-27-21/h5-7,10,15-17,20H,3-4,8-9,11-14H2,1-2H3. The molecule has 33 heavy (non-hydrogen) atoms. The van der Waals surface area contributed by atoms with Crippen molar-refractivity contribution >= 4 is 11.4 Å². The summed E-state index contributed by atoms with van der Waals surface area (Å²) in [7, 11) is 1.69. The molecule has 0 spiro atoms. The van der Waals surface area contributed by atoms with E-state index in [1.54, 1.807) is 19.3 Å². The lowest BCUT2D eigenvalue weighted by Crippen LogP contribution is -2.39. The molecule has 8 heteroatoms. The van der Waals surface area contributed by atoms with Gasteiger partial charge in [-0.1, -0.05) is 0 Å². The Kier molecular flexibility index (Phi) is 5.98. The van der Waals surface area contributed by atoms with Crippen molar-refractivity contribution in [1.29, 1.82) is 0 Å². The lowest BCUT2D eigenvalue weighted by molar-refractivity contribution is 0.149. The molecule has 0 radical (unpaired) electrons. The highest BCUT2D eigenvalue weighted by Crippen LogP contribution is 2.30. The number of ether oxygens (including phenoxy) is 1. The van der Waals surface area contributed by atoms with Crippen LogP contribution < -0.4 is 20.1 Å². The zero-order valence-corrected chi connectivity index (χ0v) is 19.3. The third-order valence-corrected chi connectivity index (χ3v) is 6.64. The fourth-order valence-electron chi connectivity index (χ4n) is 4.73. The number of nitrogens with zero attached hydrogens (tertiary/aromatic N) is 6. The highest BCUT2D eigenvalue weighted by atomic mass is 16.5. The number of aromatic nitrogens is 4. The summed E-state index contributed by atoms with van der Waals surface area (Å²) in [4.78, 5) is 30.1. The molecule has 1 aromatic carbocycles. The van der Waals surface area contributed by atoms with Gasteiger partial charge in [0.2, 0.25) is 0 Å². The molecule has 2 aliphatic heterocycles. The van der Waals surface area contributed by atoms with E-state index < -0.39 is 0 Å². The summed E-state index contributed by atoms with van der Waals surface area (Å²) in [6, 6.07) is 10.4. The number of hydrogen-bond acceptors (Lipinski definition) is 7. The third kappa shape index (κ3) is 4.55. The lowest BCUT2D eigenvalue weighted by atomic mass is 10.0. The molecule has 0 atom stereocenters. The largest absolute Gasteiger partial charge is 0.461 e. The van der Waals surface area contributed by atoms with E-state index in [1.807, 2.05) is 0 Å². The maximum absolute atomic E-state index is 12.5. The number of hydrogen-bond donors (Lipinski definition) is 0. The Hall–Kier alpha value is -3.42. The minimum absolute atomic E-state index is 0.0178. The Balaban J connectivity index is 1.26. The fraction of sp³-hybridized carbons (Fsp3) is 0.440. The van der Waals surface area contributed by atoms with Crippen LogP contribution in [0.1, 0.15) is 31.2 Å². The molecular weight excluding hydrogens is 416 g/mol. The number of anilines is 2. The van der Waals surface area contributed by atoms with Crippen LogP contribution in [0.5, 0.6) is 6.01 Å². The normalized spacial score (nSPS) is 16.9. The minimum atomic E-state index is -0.167. The van der Waals surface area contributed by atoms with Gasteiger partial charge in [-0.2, -0.15) is 4.98 Å². The van der Waals surface area contributed by atoms with Gasteiger partial charge in [-0.3, -0.25) is 9.36 Å². The molecule has 8 nitrogen and oxygen atoms in total. The predicted octanol–water partition coefficient (Wildman–Crippen LogP) is 3.19. The van der Waals surface area contributed by atoms with Crippen molar-refractivity contribution in [3.05, 3.63) is 58.8 Å². The van der Waals surface area contributed by atoms with E-state index in [4.69, 9.17) is 4.74 Å². The first-order chi connectivity index (χ1) is 16.1. The van der Waals surface area contributed by atoms with E-state index in [1.165, 1.54) is 46.7 Å². The van der Waals surface area contributed by atoms with Gasteiger partial charge in [0.25, 0.3) is 11.6 Å². The van der Waals surface area contributed by atoms with Crippen LogP contribution in [-0.2, 0) is 7.05 Å². The fourth-order valence-corrected chi connectivity index (χ4v) is 4.73. The van der Waals surface area contributed by atoms with Crippen molar-refractivity contribution in [2.45, 2.75) is 38.7 Å². The first kappa shape index (κ1) is 21.4. The van der Waals surface area contributed by atoms with Gasteiger partial charge < -0.3 is 14.5 Å². The van der Waals surface area contributed by atoms with Crippen LogP contribution >= 0.6 is 0 Å². The predicted molar refractivity (Wildman–Crippen MR) is 129 cm³/mol. The molecule has 0 amide bonds. The summed E-state index contributed by atoms with van der Waals surface area (Å²) in [5.74, 6) is 0. The summed E-state index contributed by atoms with van der Waals surface area (Å²) in [6.07, 6.45) is 7.43. The summed E-state index contributed by atoms with van der Waals surface area (Å²) in [6.45, 7) is 6.35. The summed E-state index contributed by atoms with van der Waals surface area (Å²) >= 11 is 0. The van der Waals surface area contributed by atoms with Gasteiger partial charge in [0, 0.05) is 69.7 Å². The van der Waals surface area contributed by atoms with Crippen LogP contribution in [0.15, 0.2) is 47.7 Å². The van der Waals surface area contributed by atoms with Gasteiger partial charge in [0.05, 0.1) is 11.4 Å².